The maximum atomic E-state index is 13.3. The van der Waals surface area contributed by atoms with Crippen LogP contribution in [-0.4, -0.2) is 12.1 Å². The summed E-state index contributed by atoms with van der Waals surface area (Å²) in [6.07, 6.45) is 3.19. The molecule has 0 heterocycles. The molecule has 0 radical (unpaired) electrons. The molecule has 1 aromatic carbocycles. The van der Waals surface area contributed by atoms with Crippen molar-refractivity contribution in [1.29, 1.82) is 0 Å². The molecule has 0 unspecified atom stereocenters. The lowest BCUT2D eigenvalue weighted by Crippen LogP contribution is -2.42. The fourth-order valence-electron chi connectivity index (χ4n) is 1.63. The summed E-state index contributed by atoms with van der Waals surface area (Å²) in [6, 6.07) is 4.58. The summed E-state index contributed by atoms with van der Waals surface area (Å²) in [5, 5.41) is 5.32. The number of amides is 2. The molecule has 0 aromatic heterocycles. The van der Waals surface area contributed by atoms with Gasteiger partial charge in [-0.15, -0.1) is 0 Å². The Morgan fingerprint density at radius 2 is 2.19 bits per heavy atom. The Morgan fingerprint density at radius 3 is 2.81 bits per heavy atom. The molecule has 1 aliphatic carbocycles. The number of aryl methyl sites for hydroxylation is 1. The van der Waals surface area contributed by atoms with Crippen molar-refractivity contribution in [2.45, 2.75) is 32.2 Å². The topological polar surface area (TPSA) is 41.1 Å². The third-order valence-corrected chi connectivity index (χ3v) is 2.81. The fourth-order valence-corrected chi connectivity index (χ4v) is 1.63. The van der Waals surface area contributed by atoms with Gasteiger partial charge in [-0.05, 0) is 43.9 Å². The lowest BCUT2D eigenvalue weighted by atomic mass is 9.93. The molecule has 86 valence electrons. The van der Waals surface area contributed by atoms with Crippen LogP contribution < -0.4 is 10.6 Å². The second kappa shape index (κ2) is 4.51. The van der Waals surface area contributed by atoms with Crippen molar-refractivity contribution >= 4 is 11.7 Å². The number of hydrogen-bond acceptors (Lipinski definition) is 1. The maximum absolute atomic E-state index is 13.3. The van der Waals surface area contributed by atoms with Gasteiger partial charge in [0.2, 0.25) is 0 Å². The van der Waals surface area contributed by atoms with E-state index in [9.17, 15) is 9.18 Å². The number of hydrogen-bond donors (Lipinski definition) is 2. The number of urea groups is 1. The van der Waals surface area contributed by atoms with E-state index in [4.69, 9.17) is 0 Å². The Balaban J connectivity index is 1.96. The van der Waals surface area contributed by atoms with Gasteiger partial charge in [0.25, 0.3) is 0 Å². The predicted octanol–water partition coefficient (Wildman–Crippen LogP) is 2.81. The zero-order valence-corrected chi connectivity index (χ0v) is 9.22. The number of carbonyl (C=O) groups excluding carboxylic acids is 1. The summed E-state index contributed by atoms with van der Waals surface area (Å²) in [5.41, 5.74) is 1.15. The molecule has 0 atom stereocenters. The van der Waals surface area contributed by atoms with Crippen molar-refractivity contribution in [1.82, 2.24) is 5.32 Å². The summed E-state index contributed by atoms with van der Waals surface area (Å²) >= 11 is 0. The van der Waals surface area contributed by atoms with Gasteiger partial charge in [0, 0.05) is 6.04 Å². The third kappa shape index (κ3) is 2.51. The molecule has 0 aliphatic heterocycles. The summed E-state index contributed by atoms with van der Waals surface area (Å²) in [4.78, 5) is 11.5. The van der Waals surface area contributed by atoms with E-state index in [-0.39, 0.29) is 17.8 Å². The van der Waals surface area contributed by atoms with Gasteiger partial charge in [0.15, 0.2) is 0 Å². The molecule has 1 fully saturated rings. The molecule has 16 heavy (non-hydrogen) atoms. The van der Waals surface area contributed by atoms with Gasteiger partial charge in [-0.3, -0.25) is 0 Å². The van der Waals surface area contributed by atoms with Crippen molar-refractivity contribution < 1.29 is 9.18 Å². The van der Waals surface area contributed by atoms with Crippen LogP contribution in [0.2, 0.25) is 0 Å². The minimum absolute atomic E-state index is 0.233. The first kappa shape index (κ1) is 10.9. The second-order valence-electron chi connectivity index (χ2n) is 4.21. The molecular weight excluding hydrogens is 207 g/mol. The molecule has 0 saturated heterocycles. The van der Waals surface area contributed by atoms with E-state index in [1.54, 1.807) is 12.1 Å². The molecular formula is C12H15FN2O. The predicted molar refractivity (Wildman–Crippen MR) is 60.9 cm³/mol. The normalized spacial score (nSPS) is 15.4. The van der Waals surface area contributed by atoms with E-state index in [1.165, 1.54) is 6.07 Å². The minimum atomic E-state index is -0.408. The molecule has 2 amide bonds. The van der Waals surface area contributed by atoms with Crippen LogP contribution in [0.25, 0.3) is 0 Å². The zero-order valence-electron chi connectivity index (χ0n) is 9.22. The van der Waals surface area contributed by atoms with Crippen LogP contribution >= 0.6 is 0 Å². The van der Waals surface area contributed by atoms with Gasteiger partial charge in [-0.25, -0.2) is 9.18 Å². The highest BCUT2D eigenvalue weighted by Gasteiger charge is 2.19. The van der Waals surface area contributed by atoms with Crippen molar-refractivity contribution in [3.63, 3.8) is 0 Å². The number of carbonyl (C=O) groups is 1. The molecule has 3 nitrogen and oxygen atoms in total. The van der Waals surface area contributed by atoms with Crippen LogP contribution in [0.15, 0.2) is 18.2 Å². The van der Waals surface area contributed by atoms with Crippen molar-refractivity contribution in [2.75, 3.05) is 5.32 Å². The number of anilines is 1. The molecule has 0 spiro atoms. The van der Waals surface area contributed by atoms with Crippen LogP contribution in [0, 0.1) is 12.7 Å². The Hall–Kier alpha value is -1.58. The highest BCUT2D eigenvalue weighted by molar-refractivity contribution is 5.89. The van der Waals surface area contributed by atoms with Crippen LogP contribution in [0.4, 0.5) is 14.9 Å². The first-order valence-electron chi connectivity index (χ1n) is 5.49. The van der Waals surface area contributed by atoms with Crippen molar-refractivity contribution in [3.8, 4) is 0 Å². The first-order valence-corrected chi connectivity index (χ1v) is 5.49. The molecule has 2 N–H and O–H groups in total. The van der Waals surface area contributed by atoms with Crippen molar-refractivity contribution in [2.24, 2.45) is 0 Å². The largest absolute Gasteiger partial charge is 0.335 e. The van der Waals surface area contributed by atoms with E-state index in [0.717, 1.165) is 24.8 Å². The molecule has 1 saturated carbocycles. The van der Waals surface area contributed by atoms with Crippen molar-refractivity contribution in [3.05, 3.63) is 29.6 Å². The molecule has 4 heteroatoms. The standard InChI is InChI=1S/C12H15FN2O/c1-8-5-6-10(13)11(7-8)15-12(16)14-9-3-2-4-9/h5-7,9H,2-4H2,1H3,(H2,14,15,16). The monoisotopic (exact) mass is 222 g/mol. The summed E-state index contributed by atoms with van der Waals surface area (Å²) in [5.74, 6) is -0.408. The van der Waals surface area contributed by atoms with Gasteiger partial charge in [0.05, 0.1) is 5.69 Å². The average Bonchev–Trinajstić information content (AvgIpc) is 2.18. The SMILES string of the molecule is Cc1ccc(F)c(NC(=O)NC2CCC2)c1. The van der Waals surface area contributed by atoms with Gasteiger partial charge >= 0.3 is 6.03 Å². The van der Waals surface area contributed by atoms with E-state index in [2.05, 4.69) is 10.6 Å². The summed E-state index contributed by atoms with van der Waals surface area (Å²) in [6.45, 7) is 1.86. The van der Waals surface area contributed by atoms with Gasteiger partial charge in [-0.1, -0.05) is 6.07 Å². The Bertz CT molecular complexity index is 402. The number of halogens is 1. The summed E-state index contributed by atoms with van der Waals surface area (Å²) < 4.78 is 13.3. The van der Waals surface area contributed by atoms with Gasteiger partial charge in [-0.2, -0.15) is 0 Å². The molecule has 2 rings (SSSR count). The molecule has 1 aromatic rings. The Labute approximate surface area is 94.0 Å². The van der Waals surface area contributed by atoms with Gasteiger partial charge < -0.3 is 10.6 Å². The highest BCUT2D eigenvalue weighted by Crippen LogP contribution is 2.19. The van der Waals surface area contributed by atoms with Crippen LogP contribution in [0.1, 0.15) is 24.8 Å². The first-order chi connectivity index (χ1) is 7.65. The lowest BCUT2D eigenvalue weighted by molar-refractivity contribution is 0.240. The molecule has 0 bridgehead atoms. The van der Waals surface area contributed by atoms with Gasteiger partial charge in [0.1, 0.15) is 5.82 Å². The summed E-state index contributed by atoms with van der Waals surface area (Å²) in [7, 11) is 0. The number of benzene rings is 1. The molecule has 1 aliphatic rings. The van der Waals surface area contributed by atoms with Crippen LogP contribution in [0.5, 0.6) is 0 Å². The second-order valence-corrected chi connectivity index (χ2v) is 4.21. The zero-order chi connectivity index (χ0) is 11.5. The minimum Gasteiger partial charge on any atom is -0.335 e. The number of rotatable bonds is 2. The Morgan fingerprint density at radius 1 is 1.44 bits per heavy atom. The smallest absolute Gasteiger partial charge is 0.319 e. The lowest BCUT2D eigenvalue weighted by Gasteiger charge is -2.26. The quantitative estimate of drug-likeness (QED) is 0.793. The highest BCUT2D eigenvalue weighted by atomic mass is 19.1. The van der Waals surface area contributed by atoms with E-state index in [0.29, 0.717) is 0 Å². The number of nitrogens with one attached hydrogen (secondary N) is 2. The fraction of sp³-hybridized carbons (Fsp3) is 0.417. The van der Waals surface area contributed by atoms with E-state index in [1.807, 2.05) is 6.92 Å². The van der Waals surface area contributed by atoms with Crippen LogP contribution in [-0.2, 0) is 0 Å². The van der Waals surface area contributed by atoms with E-state index >= 15 is 0 Å². The maximum Gasteiger partial charge on any atom is 0.319 e. The average molecular weight is 222 g/mol. The van der Waals surface area contributed by atoms with E-state index < -0.39 is 5.82 Å². The third-order valence-electron chi connectivity index (χ3n) is 2.81. The Kier molecular flexibility index (Phi) is 3.08. The van der Waals surface area contributed by atoms with Crippen LogP contribution in [0.3, 0.4) is 0 Å².